The van der Waals surface area contributed by atoms with E-state index < -0.39 is 0 Å². The summed E-state index contributed by atoms with van der Waals surface area (Å²) < 4.78 is 2.05. The minimum absolute atomic E-state index is 0.170. The van der Waals surface area contributed by atoms with Crippen molar-refractivity contribution in [1.82, 2.24) is 19.7 Å². The molecule has 0 atom stereocenters. The summed E-state index contributed by atoms with van der Waals surface area (Å²) in [6.07, 6.45) is 2.05. The Labute approximate surface area is 161 Å². The van der Waals surface area contributed by atoms with Crippen LogP contribution in [0.1, 0.15) is 32.3 Å². The van der Waals surface area contributed by atoms with E-state index in [4.69, 9.17) is 4.98 Å². The maximum atomic E-state index is 12.5. The third-order valence-corrected chi connectivity index (χ3v) is 5.23. The van der Waals surface area contributed by atoms with Crippen LogP contribution in [0.5, 0.6) is 0 Å². The summed E-state index contributed by atoms with van der Waals surface area (Å²) in [5.74, 6) is -0.170. The number of nitrogens with one attached hydrogen (secondary N) is 1. The minimum Gasteiger partial charge on any atom is -0.345 e. The van der Waals surface area contributed by atoms with Gasteiger partial charge in [0.2, 0.25) is 0 Å². The van der Waals surface area contributed by atoms with Crippen molar-refractivity contribution >= 4 is 22.9 Å². The predicted octanol–water partition coefficient (Wildman–Crippen LogP) is 4.31. The molecule has 1 amide bonds. The fraction of sp³-hybridized carbons (Fsp3) is 0.190. The Bertz CT molecular complexity index is 1130. The van der Waals surface area contributed by atoms with Gasteiger partial charge >= 0.3 is 0 Å². The van der Waals surface area contributed by atoms with E-state index in [0.717, 1.165) is 33.2 Å². The lowest BCUT2D eigenvalue weighted by atomic mass is 10.1. The van der Waals surface area contributed by atoms with Crippen LogP contribution < -0.4 is 5.32 Å². The number of carbonyl (C=O) groups is 1. The first-order valence-electron chi connectivity index (χ1n) is 8.76. The average molecular weight is 376 g/mol. The van der Waals surface area contributed by atoms with Gasteiger partial charge in [0.05, 0.1) is 22.9 Å². The Morgan fingerprint density at radius 2 is 1.78 bits per heavy atom. The number of benzene rings is 1. The second-order valence-corrected chi connectivity index (χ2v) is 7.70. The van der Waals surface area contributed by atoms with E-state index in [-0.39, 0.29) is 5.91 Å². The molecule has 0 fully saturated rings. The number of rotatable bonds is 4. The average Bonchev–Trinajstić information content (AvgIpc) is 3.24. The van der Waals surface area contributed by atoms with Crippen molar-refractivity contribution in [1.29, 1.82) is 0 Å². The quantitative estimate of drug-likeness (QED) is 0.577. The molecule has 0 spiro atoms. The zero-order chi connectivity index (χ0) is 19.0. The Morgan fingerprint density at radius 3 is 2.48 bits per heavy atom. The van der Waals surface area contributed by atoms with Crippen molar-refractivity contribution < 1.29 is 4.79 Å². The molecule has 136 valence electrons. The highest BCUT2D eigenvalue weighted by Crippen LogP contribution is 2.25. The van der Waals surface area contributed by atoms with Crippen molar-refractivity contribution in [2.45, 2.75) is 27.3 Å². The summed E-state index contributed by atoms with van der Waals surface area (Å²) in [7, 11) is 0. The molecule has 27 heavy (non-hydrogen) atoms. The van der Waals surface area contributed by atoms with Gasteiger partial charge in [-0.1, -0.05) is 35.9 Å². The lowest BCUT2D eigenvalue weighted by molar-refractivity contribution is 0.0946. The summed E-state index contributed by atoms with van der Waals surface area (Å²) in [6, 6.07) is 12.3. The van der Waals surface area contributed by atoms with E-state index in [0.29, 0.717) is 12.2 Å². The van der Waals surface area contributed by atoms with E-state index in [9.17, 15) is 4.79 Å². The molecule has 6 heteroatoms. The van der Waals surface area contributed by atoms with Crippen LogP contribution in [0.4, 0.5) is 0 Å². The summed E-state index contributed by atoms with van der Waals surface area (Å²) in [4.78, 5) is 21.5. The number of hydrogen-bond acceptors (Lipinski definition) is 4. The van der Waals surface area contributed by atoms with Crippen molar-refractivity contribution in [2.24, 2.45) is 0 Å². The molecule has 3 heterocycles. The van der Waals surface area contributed by atoms with E-state index >= 15 is 0 Å². The zero-order valence-corrected chi connectivity index (χ0v) is 16.3. The Hall–Kier alpha value is -2.99. The highest BCUT2D eigenvalue weighted by Gasteiger charge is 2.16. The standard InChI is InChI=1S/C21H20N4OS/c1-13-4-7-16(8-5-13)20-18(25-11-14(2)6-9-19(25)24-20)10-22-21(26)17-12-27-15(3)23-17/h4-9,11-12H,10H2,1-3H3,(H,22,26). The topological polar surface area (TPSA) is 59.3 Å². The van der Waals surface area contributed by atoms with Gasteiger partial charge in [0.25, 0.3) is 5.91 Å². The minimum atomic E-state index is -0.170. The van der Waals surface area contributed by atoms with Crippen LogP contribution in [-0.2, 0) is 6.54 Å². The van der Waals surface area contributed by atoms with Crippen LogP contribution in [0.3, 0.4) is 0 Å². The maximum Gasteiger partial charge on any atom is 0.271 e. The summed E-state index contributed by atoms with van der Waals surface area (Å²) in [6.45, 7) is 6.38. The van der Waals surface area contributed by atoms with Crippen molar-refractivity contribution in [2.75, 3.05) is 0 Å². The fourth-order valence-corrected chi connectivity index (χ4v) is 3.63. The number of pyridine rings is 1. The van der Waals surface area contributed by atoms with E-state index in [2.05, 4.69) is 52.1 Å². The largest absolute Gasteiger partial charge is 0.345 e. The Kier molecular flexibility index (Phi) is 4.49. The van der Waals surface area contributed by atoms with E-state index in [1.54, 1.807) is 5.38 Å². The number of imidazole rings is 1. The normalized spacial score (nSPS) is 11.1. The molecule has 4 aromatic rings. The molecule has 1 N–H and O–H groups in total. The molecule has 0 aliphatic heterocycles. The number of nitrogens with zero attached hydrogens (tertiary/aromatic N) is 3. The first-order valence-corrected chi connectivity index (χ1v) is 9.64. The van der Waals surface area contributed by atoms with Crippen LogP contribution in [-0.4, -0.2) is 20.3 Å². The molecule has 0 saturated carbocycles. The van der Waals surface area contributed by atoms with Crippen LogP contribution in [0.15, 0.2) is 48.0 Å². The third-order valence-electron chi connectivity index (χ3n) is 4.46. The molecule has 0 aliphatic rings. The van der Waals surface area contributed by atoms with Gasteiger partial charge in [-0.25, -0.2) is 9.97 Å². The van der Waals surface area contributed by atoms with Crippen molar-refractivity contribution in [3.05, 3.63) is 75.5 Å². The van der Waals surface area contributed by atoms with Crippen LogP contribution in [0.2, 0.25) is 0 Å². The molecule has 0 aliphatic carbocycles. The highest BCUT2D eigenvalue weighted by molar-refractivity contribution is 7.09. The van der Waals surface area contributed by atoms with Crippen molar-refractivity contribution in [3.8, 4) is 11.3 Å². The maximum absolute atomic E-state index is 12.5. The van der Waals surface area contributed by atoms with Crippen molar-refractivity contribution in [3.63, 3.8) is 0 Å². The van der Waals surface area contributed by atoms with Gasteiger partial charge in [0.1, 0.15) is 11.3 Å². The molecule has 5 nitrogen and oxygen atoms in total. The van der Waals surface area contributed by atoms with E-state index in [1.807, 2.05) is 26.0 Å². The van der Waals surface area contributed by atoms with Gasteiger partial charge in [0, 0.05) is 17.1 Å². The number of fused-ring (bicyclic) bond motifs is 1. The van der Waals surface area contributed by atoms with E-state index in [1.165, 1.54) is 16.9 Å². The highest BCUT2D eigenvalue weighted by atomic mass is 32.1. The number of aromatic nitrogens is 3. The smallest absolute Gasteiger partial charge is 0.271 e. The summed E-state index contributed by atoms with van der Waals surface area (Å²) >= 11 is 1.47. The van der Waals surface area contributed by atoms with Gasteiger partial charge in [-0.2, -0.15) is 0 Å². The second-order valence-electron chi connectivity index (χ2n) is 6.64. The first-order chi connectivity index (χ1) is 13.0. The molecular weight excluding hydrogens is 356 g/mol. The second kappa shape index (κ2) is 6.96. The molecule has 4 rings (SSSR count). The number of aryl methyl sites for hydroxylation is 3. The molecule has 3 aromatic heterocycles. The first kappa shape index (κ1) is 17.4. The molecule has 0 bridgehead atoms. The number of thiazole rings is 1. The van der Waals surface area contributed by atoms with Gasteiger partial charge < -0.3 is 9.72 Å². The fourth-order valence-electron chi connectivity index (χ4n) is 3.03. The Balaban J connectivity index is 1.72. The van der Waals surface area contributed by atoms with Crippen LogP contribution in [0, 0.1) is 20.8 Å². The van der Waals surface area contributed by atoms with Gasteiger partial charge in [0.15, 0.2) is 0 Å². The van der Waals surface area contributed by atoms with Gasteiger partial charge in [-0.15, -0.1) is 11.3 Å². The van der Waals surface area contributed by atoms with Crippen LogP contribution >= 0.6 is 11.3 Å². The lowest BCUT2D eigenvalue weighted by Gasteiger charge is -2.08. The Morgan fingerprint density at radius 1 is 1.04 bits per heavy atom. The number of amides is 1. The van der Waals surface area contributed by atoms with Gasteiger partial charge in [-0.3, -0.25) is 4.79 Å². The van der Waals surface area contributed by atoms with Gasteiger partial charge in [-0.05, 0) is 32.4 Å². The lowest BCUT2D eigenvalue weighted by Crippen LogP contribution is -2.24. The zero-order valence-electron chi connectivity index (χ0n) is 15.5. The molecule has 0 unspecified atom stereocenters. The monoisotopic (exact) mass is 376 g/mol. The van der Waals surface area contributed by atoms with Crippen LogP contribution in [0.25, 0.3) is 16.9 Å². The molecular formula is C21H20N4OS. The summed E-state index contributed by atoms with van der Waals surface area (Å²) in [5, 5.41) is 5.65. The SMILES string of the molecule is Cc1ccc(-c2nc3ccc(C)cn3c2CNC(=O)c2csc(C)n2)cc1. The number of hydrogen-bond donors (Lipinski definition) is 1. The summed E-state index contributed by atoms with van der Waals surface area (Å²) in [5.41, 5.74) is 6.54. The molecule has 0 radical (unpaired) electrons. The number of carbonyl (C=O) groups excluding carboxylic acids is 1. The molecule has 0 saturated heterocycles. The molecule has 1 aromatic carbocycles. The predicted molar refractivity (Wildman–Crippen MR) is 108 cm³/mol. The third kappa shape index (κ3) is 3.48.